The van der Waals surface area contributed by atoms with Crippen molar-refractivity contribution in [2.75, 3.05) is 46.9 Å². The molecule has 2 heterocycles. The van der Waals surface area contributed by atoms with Gasteiger partial charge in [0.15, 0.2) is 0 Å². The van der Waals surface area contributed by atoms with Crippen molar-refractivity contribution in [3.05, 3.63) is 24.0 Å². The standard InChI is InChI=1S/C12H21N3O/c1-13-11-9-15(10-11)12-3-5-14(6-4-12)7-8-16-2/h3-5,11,13H,6-10H2,1-2H3. The summed E-state index contributed by atoms with van der Waals surface area (Å²) in [5.74, 6) is 0. The molecule has 0 bridgehead atoms. The third-order valence-corrected chi connectivity index (χ3v) is 3.23. The van der Waals surface area contributed by atoms with Gasteiger partial charge >= 0.3 is 0 Å². The lowest BCUT2D eigenvalue weighted by Crippen LogP contribution is -2.56. The molecule has 4 heteroatoms. The van der Waals surface area contributed by atoms with E-state index in [1.807, 2.05) is 7.05 Å². The van der Waals surface area contributed by atoms with E-state index in [4.69, 9.17) is 4.74 Å². The Morgan fingerprint density at radius 1 is 1.50 bits per heavy atom. The van der Waals surface area contributed by atoms with Crippen LogP contribution in [-0.2, 0) is 4.74 Å². The van der Waals surface area contributed by atoms with Crippen molar-refractivity contribution in [1.29, 1.82) is 0 Å². The molecule has 16 heavy (non-hydrogen) atoms. The Kier molecular flexibility index (Phi) is 3.85. The third kappa shape index (κ3) is 2.57. The van der Waals surface area contributed by atoms with Crippen LogP contribution in [0.2, 0.25) is 0 Å². The van der Waals surface area contributed by atoms with Crippen LogP contribution in [0.1, 0.15) is 0 Å². The van der Waals surface area contributed by atoms with Gasteiger partial charge in [-0.05, 0) is 19.2 Å². The highest BCUT2D eigenvalue weighted by Crippen LogP contribution is 2.18. The minimum Gasteiger partial charge on any atom is -0.383 e. The van der Waals surface area contributed by atoms with Crippen LogP contribution in [0.15, 0.2) is 24.0 Å². The minimum absolute atomic E-state index is 0.667. The summed E-state index contributed by atoms with van der Waals surface area (Å²) in [6, 6.07) is 0.667. The maximum absolute atomic E-state index is 5.06. The van der Waals surface area contributed by atoms with Crippen LogP contribution in [0.4, 0.5) is 0 Å². The first kappa shape index (κ1) is 11.5. The molecule has 4 nitrogen and oxygen atoms in total. The van der Waals surface area contributed by atoms with E-state index in [-0.39, 0.29) is 0 Å². The van der Waals surface area contributed by atoms with Gasteiger partial charge in [0.2, 0.25) is 0 Å². The van der Waals surface area contributed by atoms with E-state index in [1.54, 1.807) is 7.11 Å². The molecule has 2 aliphatic rings. The van der Waals surface area contributed by atoms with E-state index in [0.717, 1.165) is 32.8 Å². The Balaban J connectivity index is 1.75. The third-order valence-electron chi connectivity index (χ3n) is 3.23. The van der Waals surface area contributed by atoms with E-state index in [9.17, 15) is 0 Å². The van der Waals surface area contributed by atoms with Crippen LogP contribution in [0.5, 0.6) is 0 Å². The second kappa shape index (κ2) is 5.37. The molecular formula is C12H21N3O. The summed E-state index contributed by atoms with van der Waals surface area (Å²) in [5, 5.41) is 3.29. The van der Waals surface area contributed by atoms with Gasteiger partial charge in [0.1, 0.15) is 0 Å². The maximum Gasteiger partial charge on any atom is 0.0637 e. The number of methoxy groups -OCH3 is 1. The SMILES string of the molecule is CNC1CN(C2=CCN(CCOC)C=C2)C1. The highest BCUT2D eigenvalue weighted by Gasteiger charge is 2.26. The quantitative estimate of drug-likeness (QED) is 0.723. The van der Waals surface area contributed by atoms with E-state index >= 15 is 0 Å². The number of ether oxygens (including phenoxy) is 1. The number of nitrogens with zero attached hydrogens (tertiary/aromatic N) is 2. The van der Waals surface area contributed by atoms with Gasteiger partial charge in [-0.3, -0.25) is 0 Å². The Labute approximate surface area is 97.5 Å². The Morgan fingerprint density at radius 2 is 2.31 bits per heavy atom. The molecular weight excluding hydrogens is 202 g/mol. The first-order chi connectivity index (χ1) is 7.83. The molecule has 90 valence electrons. The fourth-order valence-electron chi connectivity index (χ4n) is 2.00. The normalized spacial score (nSPS) is 21.0. The van der Waals surface area contributed by atoms with Crippen LogP contribution in [0, 0.1) is 0 Å². The minimum atomic E-state index is 0.667. The molecule has 0 saturated carbocycles. The number of allylic oxidation sites excluding steroid dienone is 1. The lowest BCUT2D eigenvalue weighted by Gasteiger charge is -2.42. The fraction of sp³-hybridized carbons (Fsp3) is 0.667. The number of hydrogen-bond acceptors (Lipinski definition) is 4. The molecule has 0 spiro atoms. The molecule has 1 saturated heterocycles. The van der Waals surface area contributed by atoms with Crippen molar-refractivity contribution in [2.45, 2.75) is 6.04 Å². The van der Waals surface area contributed by atoms with Crippen LogP contribution in [0.25, 0.3) is 0 Å². The van der Waals surface area contributed by atoms with Crippen molar-refractivity contribution in [3.8, 4) is 0 Å². The summed E-state index contributed by atoms with van der Waals surface area (Å²) in [4.78, 5) is 4.67. The number of likely N-dealkylation sites (tertiary alicyclic amines) is 1. The summed E-state index contributed by atoms with van der Waals surface area (Å²) in [7, 11) is 3.77. The van der Waals surface area contributed by atoms with Crippen molar-refractivity contribution >= 4 is 0 Å². The van der Waals surface area contributed by atoms with E-state index in [0.29, 0.717) is 6.04 Å². The number of likely N-dealkylation sites (N-methyl/N-ethyl adjacent to an activating group) is 1. The summed E-state index contributed by atoms with van der Waals surface area (Å²) >= 11 is 0. The van der Waals surface area contributed by atoms with Gasteiger partial charge in [0.05, 0.1) is 6.61 Å². The van der Waals surface area contributed by atoms with Gasteiger partial charge in [-0.1, -0.05) is 0 Å². The first-order valence-corrected chi connectivity index (χ1v) is 5.87. The zero-order valence-electron chi connectivity index (χ0n) is 10.1. The summed E-state index contributed by atoms with van der Waals surface area (Å²) < 4.78 is 5.06. The van der Waals surface area contributed by atoms with Gasteiger partial charge in [0, 0.05) is 51.2 Å². The lowest BCUT2D eigenvalue weighted by molar-refractivity contribution is 0.166. The molecule has 0 aromatic heterocycles. The van der Waals surface area contributed by atoms with E-state index < -0.39 is 0 Å². The molecule has 1 fully saturated rings. The number of hydrogen-bond donors (Lipinski definition) is 1. The molecule has 2 aliphatic heterocycles. The molecule has 0 unspecified atom stereocenters. The van der Waals surface area contributed by atoms with E-state index in [1.165, 1.54) is 5.70 Å². The molecule has 0 aliphatic carbocycles. The zero-order valence-corrected chi connectivity index (χ0v) is 10.1. The Morgan fingerprint density at radius 3 is 2.88 bits per heavy atom. The Hall–Kier alpha value is -1.00. The summed E-state index contributed by atoms with van der Waals surface area (Å²) in [6.45, 7) is 5.01. The topological polar surface area (TPSA) is 27.7 Å². The average Bonchev–Trinajstić information content (AvgIpc) is 2.27. The van der Waals surface area contributed by atoms with Gasteiger partial charge in [-0.2, -0.15) is 0 Å². The largest absolute Gasteiger partial charge is 0.383 e. The van der Waals surface area contributed by atoms with Gasteiger partial charge in [-0.25, -0.2) is 0 Å². The van der Waals surface area contributed by atoms with Crippen LogP contribution in [0.3, 0.4) is 0 Å². The predicted octanol–water partition coefficient (Wildman–Crippen LogP) is 0.250. The highest BCUT2D eigenvalue weighted by atomic mass is 16.5. The van der Waals surface area contributed by atoms with Gasteiger partial charge in [-0.15, -0.1) is 0 Å². The van der Waals surface area contributed by atoms with E-state index in [2.05, 4.69) is 33.5 Å². The summed E-state index contributed by atoms with van der Waals surface area (Å²) in [6.07, 6.45) is 6.66. The van der Waals surface area contributed by atoms with Crippen molar-refractivity contribution in [1.82, 2.24) is 15.1 Å². The van der Waals surface area contributed by atoms with Crippen LogP contribution >= 0.6 is 0 Å². The van der Waals surface area contributed by atoms with Crippen molar-refractivity contribution in [3.63, 3.8) is 0 Å². The van der Waals surface area contributed by atoms with Crippen molar-refractivity contribution in [2.24, 2.45) is 0 Å². The smallest absolute Gasteiger partial charge is 0.0637 e. The highest BCUT2D eigenvalue weighted by molar-refractivity contribution is 5.24. The molecule has 0 aromatic rings. The fourth-order valence-corrected chi connectivity index (χ4v) is 2.00. The molecule has 0 radical (unpaired) electrons. The van der Waals surface area contributed by atoms with Gasteiger partial charge < -0.3 is 19.9 Å². The molecule has 0 atom stereocenters. The molecule has 0 amide bonds. The predicted molar refractivity (Wildman–Crippen MR) is 65.1 cm³/mol. The Bertz CT molecular complexity index is 282. The number of nitrogens with one attached hydrogen (secondary N) is 1. The van der Waals surface area contributed by atoms with Crippen molar-refractivity contribution < 1.29 is 4.74 Å². The second-order valence-corrected chi connectivity index (χ2v) is 4.32. The number of rotatable bonds is 5. The van der Waals surface area contributed by atoms with Gasteiger partial charge in [0.25, 0.3) is 0 Å². The van der Waals surface area contributed by atoms with Crippen LogP contribution < -0.4 is 5.32 Å². The molecule has 1 N–H and O–H groups in total. The average molecular weight is 223 g/mol. The summed E-state index contributed by atoms with van der Waals surface area (Å²) in [5.41, 5.74) is 1.36. The zero-order chi connectivity index (χ0) is 11.4. The lowest BCUT2D eigenvalue weighted by atomic mass is 10.1. The second-order valence-electron chi connectivity index (χ2n) is 4.32. The molecule has 2 rings (SSSR count). The first-order valence-electron chi connectivity index (χ1n) is 5.87. The monoisotopic (exact) mass is 223 g/mol. The van der Waals surface area contributed by atoms with Crippen LogP contribution in [-0.4, -0.2) is 62.8 Å². The maximum atomic E-state index is 5.06. The molecule has 0 aromatic carbocycles.